The van der Waals surface area contributed by atoms with Gasteiger partial charge in [0.1, 0.15) is 5.75 Å². The second-order valence-corrected chi connectivity index (χ2v) is 7.87. The van der Waals surface area contributed by atoms with Crippen LogP contribution in [0, 0.1) is 13.8 Å². The van der Waals surface area contributed by atoms with Crippen LogP contribution in [-0.2, 0) is 9.53 Å². The van der Waals surface area contributed by atoms with Gasteiger partial charge >= 0.3 is 0 Å². The van der Waals surface area contributed by atoms with Gasteiger partial charge in [-0.1, -0.05) is 30.3 Å². The lowest BCUT2D eigenvalue weighted by Crippen LogP contribution is -2.36. The molecule has 0 aromatic heterocycles. The van der Waals surface area contributed by atoms with Crippen molar-refractivity contribution in [2.75, 3.05) is 48.4 Å². The number of para-hydroxylation sites is 3. The van der Waals surface area contributed by atoms with Crippen molar-refractivity contribution in [3.63, 3.8) is 0 Å². The number of morpholine rings is 1. The number of ether oxygens (including phenoxy) is 2. The number of rotatable bonds is 7. The van der Waals surface area contributed by atoms with E-state index in [1.54, 1.807) is 0 Å². The van der Waals surface area contributed by atoms with Gasteiger partial charge in [-0.3, -0.25) is 4.79 Å². The van der Waals surface area contributed by atoms with E-state index in [1.807, 2.05) is 80.6 Å². The Morgan fingerprint density at radius 2 is 1.62 bits per heavy atom. The quantitative estimate of drug-likeness (QED) is 0.552. The van der Waals surface area contributed by atoms with Crippen molar-refractivity contribution in [1.82, 2.24) is 0 Å². The van der Waals surface area contributed by atoms with Crippen molar-refractivity contribution in [2.45, 2.75) is 13.8 Å². The second kappa shape index (κ2) is 10.2. The summed E-state index contributed by atoms with van der Waals surface area (Å²) < 4.78 is 11.6. The fourth-order valence-corrected chi connectivity index (χ4v) is 3.73. The number of aryl methyl sites for hydroxylation is 2. The minimum atomic E-state index is -0.119. The van der Waals surface area contributed by atoms with Gasteiger partial charge in [0.15, 0.2) is 5.75 Å². The summed E-state index contributed by atoms with van der Waals surface area (Å²) in [5, 5.41) is 6.14. The molecule has 1 amide bonds. The van der Waals surface area contributed by atoms with Crippen LogP contribution in [-0.4, -0.2) is 38.8 Å². The summed E-state index contributed by atoms with van der Waals surface area (Å²) in [5.41, 5.74) is 4.82. The highest BCUT2D eigenvalue weighted by molar-refractivity contribution is 5.94. The van der Waals surface area contributed by atoms with Gasteiger partial charge in [-0.2, -0.15) is 0 Å². The first-order valence-electron chi connectivity index (χ1n) is 10.9. The van der Waals surface area contributed by atoms with Crippen LogP contribution in [0.2, 0.25) is 0 Å². The van der Waals surface area contributed by atoms with Crippen LogP contribution >= 0.6 is 0 Å². The maximum atomic E-state index is 12.5. The largest absolute Gasteiger partial charge is 0.455 e. The number of amides is 1. The maximum absolute atomic E-state index is 12.5. The minimum absolute atomic E-state index is 0.119. The highest BCUT2D eigenvalue weighted by Gasteiger charge is 2.12. The standard InChI is InChI=1S/C26H29N3O3/c1-19-6-5-7-20(2)26(19)32-24-9-4-3-8-23(24)27-18-25(30)28-21-10-12-22(13-11-21)29-14-16-31-17-15-29/h3-13,27H,14-18H2,1-2H3,(H,28,30). The van der Waals surface area contributed by atoms with Gasteiger partial charge in [0.25, 0.3) is 0 Å². The first-order valence-corrected chi connectivity index (χ1v) is 10.9. The summed E-state index contributed by atoms with van der Waals surface area (Å²) in [5.74, 6) is 1.41. The van der Waals surface area contributed by atoms with Gasteiger partial charge in [-0.25, -0.2) is 0 Å². The molecule has 1 heterocycles. The number of anilines is 3. The Balaban J connectivity index is 1.35. The van der Waals surface area contributed by atoms with E-state index in [1.165, 1.54) is 0 Å². The van der Waals surface area contributed by atoms with E-state index in [-0.39, 0.29) is 12.5 Å². The first kappa shape index (κ1) is 21.7. The zero-order valence-electron chi connectivity index (χ0n) is 18.6. The van der Waals surface area contributed by atoms with Crippen LogP contribution in [0.5, 0.6) is 11.5 Å². The third-order valence-corrected chi connectivity index (χ3v) is 5.47. The van der Waals surface area contributed by atoms with Crippen LogP contribution in [0.4, 0.5) is 17.1 Å². The van der Waals surface area contributed by atoms with Gasteiger partial charge in [-0.05, 0) is 61.4 Å². The topological polar surface area (TPSA) is 62.8 Å². The normalized spacial score (nSPS) is 13.5. The van der Waals surface area contributed by atoms with Gasteiger partial charge in [0, 0.05) is 24.5 Å². The maximum Gasteiger partial charge on any atom is 0.243 e. The number of nitrogens with zero attached hydrogens (tertiary/aromatic N) is 1. The average molecular weight is 432 g/mol. The molecule has 6 heteroatoms. The fourth-order valence-electron chi connectivity index (χ4n) is 3.73. The predicted molar refractivity (Wildman–Crippen MR) is 129 cm³/mol. The van der Waals surface area contributed by atoms with Crippen molar-refractivity contribution >= 4 is 23.0 Å². The molecular weight excluding hydrogens is 402 g/mol. The van der Waals surface area contributed by atoms with Gasteiger partial charge in [0.05, 0.1) is 25.4 Å². The third kappa shape index (κ3) is 5.39. The number of hydrogen-bond donors (Lipinski definition) is 2. The molecule has 1 aliphatic heterocycles. The Morgan fingerprint density at radius 3 is 2.34 bits per heavy atom. The zero-order valence-corrected chi connectivity index (χ0v) is 18.6. The van der Waals surface area contributed by atoms with Crippen molar-refractivity contribution in [1.29, 1.82) is 0 Å². The lowest BCUT2D eigenvalue weighted by molar-refractivity contribution is -0.114. The zero-order chi connectivity index (χ0) is 22.3. The smallest absolute Gasteiger partial charge is 0.243 e. The molecule has 1 fully saturated rings. The SMILES string of the molecule is Cc1cccc(C)c1Oc1ccccc1NCC(=O)Nc1ccc(N2CCOCC2)cc1. The van der Waals surface area contributed by atoms with Gasteiger partial charge < -0.3 is 25.0 Å². The van der Waals surface area contributed by atoms with E-state index in [2.05, 4.69) is 15.5 Å². The van der Waals surface area contributed by atoms with Crippen molar-refractivity contribution in [3.05, 3.63) is 77.9 Å². The summed E-state index contributed by atoms with van der Waals surface area (Å²) >= 11 is 0. The average Bonchev–Trinajstić information content (AvgIpc) is 2.82. The fraction of sp³-hybridized carbons (Fsp3) is 0.269. The molecule has 3 aromatic rings. The van der Waals surface area contributed by atoms with Crippen LogP contribution < -0.4 is 20.3 Å². The monoisotopic (exact) mass is 431 g/mol. The van der Waals surface area contributed by atoms with Gasteiger partial charge in [0.2, 0.25) is 5.91 Å². The van der Waals surface area contributed by atoms with Crippen molar-refractivity contribution in [3.8, 4) is 11.5 Å². The highest BCUT2D eigenvalue weighted by atomic mass is 16.5. The first-order chi connectivity index (χ1) is 15.6. The third-order valence-electron chi connectivity index (χ3n) is 5.47. The minimum Gasteiger partial charge on any atom is -0.455 e. The Bertz CT molecular complexity index is 1040. The molecule has 0 saturated carbocycles. The number of carbonyl (C=O) groups excluding carboxylic acids is 1. The predicted octanol–water partition coefficient (Wildman–Crippen LogP) is 4.98. The van der Waals surface area contributed by atoms with Crippen LogP contribution in [0.25, 0.3) is 0 Å². The number of carbonyl (C=O) groups is 1. The Morgan fingerprint density at radius 1 is 0.938 bits per heavy atom. The Hall–Kier alpha value is -3.51. The Labute approximate surface area is 189 Å². The molecule has 0 aliphatic carbocycles. The van der Waals surface area contributed by atoms with E-state index in [4.69, 9.17) is 9.47 Å². The van der Waals surface area contributed by atoms with E-state index in [9.17, 15) is 4.79 Å². The number of hydrogen-bond acceptors (Lipinski definition) is 5. The van der Waals surface area contributed by atoms with Crippen LogP contribution in [0.3, 0.4) is 0 Å². The highest BCUT2D eigenvalue weighted by Crippen LogP contribution is 2.33. The molecular formula is C26H29N3O3. The Kier molecular flexibility index (Phi) is 6.92. The lowest BCUT2D eigenvalue weighted by atomic mass is 10.1. The van der Waals surface area contributed by atoms with Crippen LogP contribution in [0.15, 0.2) is 66.7 Å². The molecule has 6 nitrogen and oxygen atoms in total. The summed E-state index contributed by atoms with van der Waals surface area (Å²) in [7, 11) is 0. The molecule has 1 aliphatic rings. The second-order valence-electron chi connectivity index (χ2n) is 7.87. The van der Waals surface area contributed by atoms with E-state index in [0.29, 0.717) is 5.75 Å². The molecule has 0 atom stereocenters. The van der Waals surface area contributed by atoms with E-state index < -0.39 is 0 Å². The summed E-state index contributed by atoms with van der Waals surface area (Å²) in [6.45, 7) is 7.46. The summed E-state index contributed by atoms with van der Waals surface area (Å²) in [6.07, 6.45) is 0. The van der Waals surface area contributed by atoms with Gasteiger partial charge in [-0.15, -0.1) is 0 Å². The molecule has 166 valence electrons. The van der Waals surface area contributed by atoms with Crippen LogP contribution in [0.1, 0.15) is 11.1 Å². The summed E-state index contributed by atoms with van der Waals surface area (Å²) in [4.78, 5) is 14.8. The van der Waals surface area contributed by atoms with E-state index in [0.717, 1.165) is 60.2 Å². The lowest BCUT2D eigenvalue weighted by Gasteiger charge is -2.28. The number of benzene rings is 3. The molecule has 0 unspecified atom stereocenters. The van der Waals surface area contributed by atoms with Crippen molar-refractivity contribution < 1.29 is 14.3 Å². The molecule has 3 aromatic carbocycles. The molecule has 0 radical (unpaired) electrons. The van der Waals surface area contributed by atoms with E-state index >= 15 is 0 Å². The molecule has 2 N–H and O–H groups in total. The summed E-state index contributed by atoms with van der Waals surface area (Å²) in [6, 6.07) is 21.6. The molecule has 4 rings (SSSR count). The molecule has 0 bridgehead atoms. The van der Waals surface area contributed by atoms with Crippen molar-refractivity contribution in [2.24, 2.45) is 0 Å². The number of nitrogens with one attached hydrogen (secondary N) is 2. The molecule has 32 heavy (non-hydrogen) atoms. The molecule has 1 saturated heterocycles. The molecule has 0 spiro atoms.